The van der Waals surface area contributed by atoms with Crippen LogP contribution in [0.1, 0.15) is 25.3 Å². The predicted octanol–water partition coefficient (Wildman–Crippen LogP) is 2.97. The van der Waals surface area contributed by atoms with Crippen molar-refractivity contribution in [2.75, 3.05) is 6.61 Å². The highest BCUT2D eigenvalue weighted by molar-refractivity contribution is 5.78. The van der Waals surface area contributed by atoms with Gasteiger partial charge in [0, 0.05) is 0 Å². The van der Waals surface area contributed by atoms with Gasteiger partial charge in [0.1, 0.15) is 0 Å². The molecule has 0 amide bonds. The number of benzene rings is 1. The number of hydrogen-bond donors (Lipinski definition) is 1. The molecule has 18 heavy (non-hydrogen) atoms. The normalized spacial score (nSPS) is 18.7. The van der Waals surface area contributed by atoms with Crippen molar-refractivity contribution in [3.63, 3.8) is 0 Å². The van der Waals surface area contributed by atoms with Gasteiger partial charge in [-0.15, -0.1) is 0 Å². The SMILES string of the molecule is CC(OC/C=C/c1ccccc1)(C(=O)O)C1CC1. The van der Waals surface area contributed by atoms with Gasteiger partial charge in [0.15, 0.2) is 5.60 Å². The molecule has 0 radical (unpaired) electrons. The first-order valence-electron chi connectivity index (χ1n) is 6.22. The van der Waals surface area contributed by atoms with Gasteiger partial charge in [0.25, 0.3) is 0 Å². The quantitative estimate of drug-likeness (QED) is 0.839. The van der Waals surface area contributed by atoms with Gasteiger partial charge in [0.05, 0.1) is 6.61 Å². The predicted molar refractivity (Wildman–Crippen MR) is 70.2 cm³/mol. The minimum Gasteiger partial charge on any atom is -0.479 e. The average molecular weight is 246 g/mol. The Morgan fingerprint density at radius 1 is 1.44 bits per heavy atom. The first-order chi connectivity index (χ1) is 8.63. The number of carboxylic acids is 1. The Labute approximate surface area is 107 Å². The third kappa shape index (κ3) is 2.99. The molecule has 1 aliphatic rings. The van der Waals surface area contributed by atoms with E-state index in [0.29, 0.717) is 6.61 Å². The first-order valence-corrected chi connectivity index (χ1v) is 6.22. The van der Waals surface area contributed by atoms with Crippen molar-refractivity contribution < 1.29 is 14.6 Å². The van der Waals surface area contributed by atoms with Gasteiger partial charge in [0.2, 0.25) is 0 Å². The Hall–Kier alpha value is -1.61. The van der Waals surface area contributed by atoms with E-state index in [2.05, 4.69) is 0 Å². The third-order valence-electron chi connectivity index (χ3n) is 3.37. The number of rotatable bonds is 6. The molecule has 1 aromatic rings. The molecule has 3 heteroatoms. The minimum absolute atomic E-state index is 0.167. The molecular weight excluding hydrogens is 228 g/mol. The lowest BCUT2D eigenvalue weighted by Crippen LogP contribution is -2.40. The highest BCUT2D eigenvalue weighted by Gasteiger charge is 2.48. The van der Waals surface area contributed by atoms with Crippen molar-refractivity contribution in [2.24, 2.45) is 5.92 Å². The van der Waals surface area contributed by atoms with Crippen LogP contribution in [0.4, 0.5) is 0 Å². The molecule has 0 bridgehead atoms. The van der Waals surface area contributed by atoms with Gasteiger partial charge in [-0.1, -0.05) is 42.5 Å². The second kappa shape index (κ2) is 5.36. The topological polar surface area (TPSA) is 46.5 Å². The summed E-state index contributed by atoms with van der Waals surface area (Å²) < 4.78 is 5.55. The molecule has 0 saturated heterocycles. The van der Waals surface area contributed by atoms with E-state index < -0.39 is 11.6 Å². The molecule has 1 unspecified atom stereocenters. The molecule has 1 atom stereocenters. The summed E-state index contributed by atoms with van der Waals surface area (Å²) >= 11 is 0. The minimum atomic E-state index is -1.03. The Morgan fingerprint density at radius 2 is 2.11 bits per heavy atom. The van der Waals surface area contributed by atoms with Crippen molar-refractivity contribution >= 4 is 12.0 Å². The summed E-state index contributed by atoms with van der Waals surface area (Å²) in [6.07, 6.45) is 5.70. The zero-order valence-corrected chi connectivity index (χ0v) is 10.5. The maximum absolute atomic E-state index is 11.2. The van der Waals surface area contributed by atoms with Crippen LogP contribution in [0.3, 0.4) is 0 Å². The Morgan fingerprint density at radius 3 is 2.67 bits per heavy atom. The van der Waals surface area contributed by atoms with Crippen LogP contribution >= 0.6 is 0 Å². The van der Waals surface area contributed by atoms with E-state index in [1.54, 1.807) is 6.92 Å². The summed E-state index contributed by atoms with van der Waals surface area (Å²) in [6, 6.07) is 9.88. The lowest BCUT2D eigenvalue weighted by molar-refractivity contribution is -0.165. The van der Waals surface area contributed by atoms with Crippen LogP contribution in [0, 0.1) is 5.92 Å². The largest absolute Gasteiger partial charge is 0.479 e. The van der Waals surface area contributed by atoms with Gasteiger partial charge >= 0.3 is 5.97 Å². The summed E-state index contributed by atoms with van der Waals surface area (Å²) in [6.45, 7) is 2.00. The van der Waals surface area contributed by atoms with Crippen LogP contribution in [0.15, 0.2) is 36.4 Å². The Kier molecular flexibility index (Phi) is 3.82. The van der Waals surface area contributed by atoms with Crippen LogP contribution in [0.25, 0.3) is 6.08 Å². The number of aliphatic carboxylic acids is 1. The molecule has 0 aromatic heterocycles. The lowest BCUT2D eigenvalue weighted by atomic mass is 10.0. The number of carbonyl (C=O) groups is 1. The maximum atomic E-state index is 11.2. The van der Waals surface area contributed by atoms with Crippen molar-refractivity contribution in [1.29, 1.82) is 0 Å². The Balaban J connectivity index is 1.87. The van der Waals surface area contributed by atoms with E-state index in [0.717, 1.165) is 18.4 Å². The summed E-state index contributed by atoms with van der Waals surface area (Å²) in [4.78, 5) is 11.2. The Bertz CT molecular complexity index is 434. The average Bonchev–Trinajstić information content (AvgIpc) is 3.20. The van der Waals surface area contributed by atoms with E-state index in [1.165, 1.54) is 0 Å². The van der Waals surface area contributed by atoms with Crippen molar-refractivity contribution in [3.8, 4) is 0 Å². The zero-order chi connectivity index (χ0) is 13.0. The van der Waals surface area contributed by atoms with Crippen molar-refractivity contribution in [2.45, 2.75) is 25.4 Å². The molecule has 0 spiro atoms. The number of hydrogen-bond acceptors (Lipinski definition) is 2. The molecule has 2 rings (SSSR count). The van der Waals surface area contributed by atoms with E-state index in [4.69, 9.17) is 4.74 Å². The molecule has 1 aromatic carbocycles. The van der Waals surface area contributed by atoms with E-state index in [1.807, 2.05) is 42.5 Å². The van der Waals surface area contributed by atoms with E-state index in [-0.39, 0.29) is 5.92 Å². The van der Waals surface area contributed by atoms with Crippen LogP contribution in [-0.2, 0) is 9.53 Å². The summed E-state index contributed by atoms with van der Waals surface area (Å²) in [5.41, 5.74) is 0.0608. The molecule has 1 saturated carbocycles. The third-order valence-corrected chi connectivity index (χ3v) is 3.37. The van der Waals surface area contributed by atoms with Crippen LogP contribution < -0.4 is 0 Å². The lowest BCUT2D eigenvalue weighted by Gasteiger charge is -2.24. The number of ether oxygens (including phenoxy) is 1. The van der Waals surface area contributed by atoms with Gasteiger partial charge in [-0.2, -0.15) is 0 Å². The van der Waals surface area contributed by atoms with Crippen LogP contribution in [-0.4, -0.2) is 23.3 Å². The van der Waals surface area contributed by atoms with E-state index in [9.17, 15) is 9.90 Å². The highest BCUT2D eigenvalue weighted by atomic mass is 16.5. The van der Waals surface area contributed by atoms with E-state index >= 15 is 0 Å². The fraction of sp³-hybridized carbons (Fsp3) is 0.400. The molecule has 1 aliphatic carbocycles. The molecule has 3 nitrogen and oxygen atoms in total. The summed E-state index contributed by atoms with van der Waals surface area (Å²) in [5, 5.41) is 9.21. The standard InChI is InChI=1S/C15H18O3/c1-15(14(16)17,13-9-10-13)18-11-5-8-12-6-3-2-4-7-12/h2-8,13H,9-11H2,1H3,(H,16,17)/b8-5+. The fourth-order valence-electron chi connectivity index (χ4n) is 1.96. The summed E-state index contributed by atoms with van der Waals surface area (Å²) in [5.74, 6) is -0.696. The highest BCUT2D eigenvalue weighted by Crippen LogP contribution is 2.42. The fourth-order valence-corrected chi connectivity index (χ4v) is 1.96. The molecule has 0 aliphatic heterocycles. The van der Waals surface area contributed by atoms with Crippen LogP contribution in [0.5, 0.6) is 0 Å². The molecule has 1 N–H and O–H groups in total. The zero-order valence-electron chi connectivity index (χ0n) is 10.5. The molecule has 1 fully saturated rings. The summed E-state index contributed by atoms with van der Waals surface area (Å²) in [7, 11) is 0. The van der Waals surface area contributed by atoms with Crippen LogP contribution in [0.2, 0.25) is 0 Å². The van der Waals surface area contributed by atoms with Crippen molar-refractivity contribution in [1.82, 2.24) is 0 Å². The molecule has 96 valence electrons. The second-order valence-corrected chi connectivity index (χ2v) is 4.81. The van der Waals surface area contributed by atoms with Gasteiger partial charge < -0.3 is 9.84 Å². The van der Waals surface area contributed by atoms with Gasteiger partial charge in [-0.05, 0) is 31.2 Å². The first kappa shape index (κ1) is 12.8. The number of carboxylic acid groups (broad SMARTS) is 1. The second-order valence-electron chi connectivity index (χ2n) is 4.81. The van der Waals surface area contributed by atoms with Crippen molar-refractivity contribution in [3.05, 3.63) is 42.0 Å². The molecular formula is C15H18O3. The maximum Gasteiger partial charge on any atom is 0.335 e. The smallest absolute Gasteiger partial charge is 0.335 e. The monoisotopic (exact) mass is 246 g/mol. The van der Waals surface area contributed by atoms with Gasteiger partial charge in [-0.3, -0.25) is 0 Å². The molecule has 0 heterocycles. The van der Waals surface area contributed by atoms with Gasteiger partial charge in [-0.25, -0.2) is 4.79 Å².